The maximum Gasteiger partial charge on any atom is 0.348 e. The van der Waals surface area contributed by atoms with Crippen molar-refractivity contribution in [3.05, 3.63) is 14.7 Å². The quantitative estimate of drug-likeness (QED) is 0.798. The highest BCUT2D eigenvalue weighted by Gasteiger charge is 2.31. The molecular weight excluding hydrogens is 368 g/mol. The Kier molecular flexibility index (Phi) is 4.85. The van der Waals surface area contributed by atoms with E-state index in [4.69, 9.17) is 5.73 Å². The van der Waals surface area contributed by atoms with Gasteiger partial charge in [-0.1, -0.05) is 0 Å². The van der Waals surface area contributed by atoms with Crippen molar-refractivity contribution in [3.63, 3.8) is 0 Å². The number of methoxy groups -OCH3 is 1. The molecule has 2 heterocycles. The number of nitrogens with two attached hydrogens (primary N) is 1. The lowest BCUT2D eigenvalue weighted by molar-refractivity contribution is 0.0606. The molecule has 1 aliphatic heterocycles. The molecule has 112 valence electrons. The topological polar surface area (TPSA) is 89.7 Å². The molecule has 0 aliphatic carbocycles. The zero-order valence-corrected chi connectivity index (χ0v) is 14.1. The van der Waals surface area contributed by atoms with Gasteiger partial charge in [-0.15, -0.1) is 11.3 Å². The maximum absolute atomic E-state index is 12.5. The molecule has 0 saturated carbocycles. The summed E-state index contributed by atoms with van der Waals surface area (Å²) in [5, 5.41) is 0. The summed E-state index contributed by atoms with van der Waals surface area (Å²) in [6.45, 7) is 0.804. The number of hydrogen-bond acceptors (Lipinski definition) is 6. The first-order valence-corrected chi connectivity index (χ1v) is 9.04. The lowest BCUT2D eigenvalue weighted by Crippen LogP contribution is -2.42. The Hall–Kier alpha value is -0.480. The molecule has 1 fully saturated rings. The van der Waals surface area contributed by atoms with E-state index in [-0.39, 0.29) is 15.8 Å². The Morgan fingerprint density at radius 2 is 2.10 bits per heavy atom. The SMILES string of the molecule is COC(=O)c1cc(S(=O)(=O)N2CCC(N)CC2)c(Br)s1. The fraction of sp³-hybridized carbons (Fsp3) is 0.545. The van der Waals surface area contributed by atoms with E-state index in [0.29, 0.717) is 29.7 Å². The van der Waals surface area contributed by atoms with E-state index in [0.717, 1.165) is 11.3 Å². The van der Waals surface area contributed by atoms with Crippen LogP contribution in [-0.4, -0.2) is 44.9 Å². The summed E-state index contributed by atoms with van der Waals surface area (Å²) in [6, 6.07) is 1.41. The lowest BCUT2D eigenvalue weighted by atomic mass is 10.1. The van der Waals surface area contributed by atoms with Crippen molar-refractivity contribution < 1.29 is 17.9 Å². The molecule has 1 aromatic rings. The fourth-order valence-electron chi connectivity index (χ4n) is 1.98. The van der Waals surface area contributed by atoms with Crippen LogP contribution in [-0.2, 0) is 14.8 Å². The summed E-state index contributed by atoms with van der Waals surface area (Å²) >= 11 is 4.26. The number of esters is 1. The van der Waals surface area contributed by atoms with Gasteiger partial charge in [0.2, 0.25) is 10.0 Å². The van der Waals surface area contributed by atoms with Gasteiger partial charge < -0.3 is 10.5 Å². The first kappa shape index (κ1) is 15.9. The van der Waals surface area contributed by atoms with Crippen LogP contribution in [0.1, 0.15) is 22.5 Å². The third-order valence-corrected chi connectivity index (χ3v) is 7.29. The van der Waals surface area contributed by atoms with Crippen molar-refractivity contribution >= 4 is 43.3 Å². The molecule has 1 aromatic heterocycles. The zero-order valence-electron chi connectivity index (χ0n) is 10.8. The van der Waals surface area contributed by atoms with Crippen molar-refractivity contribution in [2.45, 2.75) is 23.8 Å². The van der Waals surface area contributed by atoms with Gasteiger partial charge in [0.25, 0.3) is 0 Å². The number of rotatable bonds is 3. The standard InChI is InChI=1S/C11H15BrN2O4S2/c1-18-11(15)8-6-9(10(12)19-8)20(16,17)14-4-2-7(13)3-5-14/h6-7H,2-5,13H2,1H3. The number of sulfonamides is 1. The molecular formula is C11H15BrN2O4S2. The Morgan fingerprint density at radius 1 is 1.50 bits per heavy atom. The summed E-state index contributed by atoms with van der Waals surface area (Å²) in [5.41, 5.74) is 5.78. The van der Waals surface area contributed by atoms with Crippen molar-refractivity contribution in [2.75, 3.05) is 20.2 Å². The van der Waals surface area contributed by atoms with Crippen molar-refractivity contribution in [3.8, 4) is 0 Å². The first-order chi connectivity index (χ1) is 9.36. The van der Waals surface area contributed by atoms with Gasteiger partial charge in [-0.25, -0.2) is 13.2 Å². The minimum atomic E-state index is -3.60. The van der Waals surface area contributed by atoms with Crippen molar-refractivity contribution in [1.29, 1.82) is 0 Å². The molecule has 6 nitrogen and oxygen atoms in total. The van der Waals surface area contributed by atoms with Gasteiger partial charge in [0, 0.05) is 19.1 Å². The number of halogens is 1. The van der Waals surface area contributed by atoms with Crippen molar-refractivity contribution in [1.82, 2.24) is 4.31 Å². The van der Waals surface area contributed by atoms with Crippen LogP contribution in [0.5, 0.6) is 0 Å². The van der Waals surface area contributed by atoms with E-state index in [2.05, 4.69) is 20.7 Å². The monoisotopic (exact) mass is 382 g/mol. The maximum atomic E-state index is 12.5. The van der Waals surface area contributed by atoms with Crippen molar-refractivity contribution in [2.24, 2.45) is 5.73 Å². The molecule has 0 spiro atoms. The smallest absolute Gasteiger partial charge is 0.348 e. The Morgan fingerprint density at radius 3 is 2.65 bits per heavy atom. The van der Waals surface area contributed by atoms with Crippen LogP contribution in [0.2, 0.25) is 0 Å². The molecule has 0 unspecified atom stereocenters. The van der Waals surface area contributed by atoms with Crippen LogP contribution in [0.25, 0.3) is 0 Å². The van der Waals surface area contributed by atoms with Crippen LogP contribution in [0, 0.1) is 0 Å². The number of carbonyl (C=O) groups is 1. The van der Waals surface area contributed by atoms with Gasteiger partial charge in [-0.05, 0) is 34.8 Å². The minimum Gasteiger partial charge on any atom is -0.465 e. The van der Waals surface area contributed by atoms with Crippen LogP contribution in [0.4, 0.5) is 0 Å². The largest absolute Gasteiger partial charge is 0.465 e. The summed E-state index contributed by atoms with van der Waals surface area (Å²) in [7, 11) is -2.34. The third kappa shape index (κ3) is 3.06. The normalized spacial score (nSPS) is 18.1. The number of hydrogen-bond donors (Lipinski definition) is 1. The molecule has 0 atom stereocenters. The van der Waals surface area contributed by atoms with E-state index in [9.17, 15) is 13.2 Å². The Bertz CT molecular complexity index is 606. The summed E-state index contributed by atoms with van der Waals surface area (Å²) < 4.78 is 31.5. The average molecular weight is 383 g/mol. The molecule has 1 saturated heterocycles. The fourth-order valence-corrected chi connectivity index (χ4v) is 5.89. The van der Waals surface area contributed by atoms with Crippen LogP contribution in [0.15, 0.2) is 14.7 Å². The Balaban J connectivity index is 2.30. The molecule has 0 aromatic carbocycles. The molecule has 0 amide bonds. The molecule has 1 aliphatic rings. The Labute approximate surface area is 130 Å². The number of ether oxygens (including phenoxy) is 1. The highest BCUT2D eigenvalue weighted by atomic mass is 79.9. The second-order valence-corrected chi connectivity index (χ2v) is 8.76. The molecule has 9 heteroatoms. The summed E-state index contributed by atoms with van der Waals surface area (Å²) in [5.74, 6) is -0.544. The average Bonchev–Trinajstić information content (AvgIpc) is 2.81. The number of carbonyl (C=O) groups excluding carboxylic acids is 1. The zero-order chi connectivity index (χ0) is 14.9. The van der Waals surface area contributed by atoms with E-state index < -0.39 is 16.0 Å². The molecule has 20 heavy (non-hydrogen) atoms. The molecule has 2 N–H and O–H groups in total. The van der Waals surface area contributed by atoms with E-state index in [1.165, 1.54) is 17.5 Å². The second-order valence-electron chi connectivity index (χ2n) is 4.48. The van der Waals surface area contributed by atoms with Gasteiger partial charge in [-0.3, -0.25) is 0 Å². The van der Waals surface area contributed by atoms with Gasteiger partial charge in [0.1, 0.15) is 9.77 Å². The summed E-state index contributed by atoms with van der Waals surface area (Å²) in [6.07, 6.45) is 1.29. The van der Waals surface area contributed by atoms with E-state index in [1.54, 1.807) is 0 Å². The molecule has 0 bridgehead atoms. The highest BCUT2D eigenvalue weighted by Crippen LogP contribution is 2.34. The predicted molar refractivity (Wildman–Crippen MR) is 79.3 cm³/mol. The third-order valence-electron chi connectivity index (χ3n) is 3.16. The summed E-state index contributed by atoms with van der Waals surface area (Å²) in [4.78, 5) is 11.8. The van der Waals surface area contributed by atoms with Crippen LogP contribution in [0.3, 0.4) is 0 Å². The number of nitrogens with zero attached hydrogens (tertiary/aromatic N) is 1. The van der Waals surface area contributed by atoms with E-state index >= 15 is 0 Å². The molecule has 2 rings (SSSR count). The first-order valence-electron chi connectivity index (χ1n) is 5.99. The highest BCUT2D eigenvalue weighted by molar-refractivity contribution is 9.11. The van der Waals surface area contributed by atoms with Gasteiger partial charge in [-0.2, -0.15) is 4.31 Å². The second kappa shape index (κ2) is 6.10. The van der Waals surface area contributed by atoms with Crippen LogP contribution < -0.4 is 5.73 Å². The van der Waals surface area contributed by atoms with E-state index in [1.807, 2.05) is 0 Å². The van der Waals surface area contributed by atoms with Gasteiger partial charge in [0.05, 0.1) is 10.9 Å². The lowest BCUT2D eigenvalue weighted by Gasteiger charge is -2.29. The van der Waals surface area contributed by atoms with Gasteiger partial charge in [0.15, 0.2) is 0 Å². The number of thiophene rings is 1. The number of piperidine rings is 1. The van der Waals surface area contributed by atoms with Gasteiger partial charge >= 0.3 is 5.97 Å². The van der Waals surface area contributed by atoms with Crippen LogP contribution >= 0.6 is 27.3 Å². The molecule has 0 radical (unpaired) electrons. The minimum absolute atomic E-state index is 0.0537. The predicted octanol–water partition coefficient (Wildman–Crippen LogP) is 1.41.